The molecule has 0 bridgehead atoms. The second-order valence-electron chi connectivity index (χ2n) is 4.19. The number of hydrogen-bond acceptors (Lipinski definition) is 3. The van der Waals surface area contributed by atoms with Crippen LogP contribution < -0.4 is 5.73 Å². The predicted molar refractivity (Wildman–Crippen MR) is 55.9 cm³/mol. The van der Waals surface area contributed by atoms with Crippen molar-refractivity contribution in [2.45, 2.75) is 20.0 Å². The van der Waals surface area contributed by atoms with Crippen molar-refractivity contribution in [3.63, 3.8) is 0 Å². The molecule has 0 aromatic heterocycles. The Morgan fingerprint density at radius 3 is 2.21 bits per heavy atom. The molecule has 0 heterocycles. The minimum Gasteiger partial charge on any atom is -0.508 e. The van der Waals surface area contributed by atoms with Crippen LogP contribution in [0.25, 0.3) is 0 Å². The van der Waals surface area contributed by atoms with Crippen molar-refractivity contribution >= 4 is 0 Å². The molecule has 1 rings (SSSR count). The Bertz CT molecular complexity index is 293. The van der Waals surface area contributed by atoms with E-state index in [-0.39, 0.29) is 11.2 Å². The number of nitrogens with two attached hydrogens (primary N) is 1. The van der Waals surface area contributed by atoms with E-state index < -0.39 is 6.10 Å². The van der Waals surface area contributed by atoms with Crippen molar-refractivity contribution in [1.29, 1.82) is 0 Å². The lowest BCUT2D eigenvalue weighted by Gasteiger charge is -2.29. The van der Waals surface area contributed by atoms with Gasteiger partial charge in [0.15, 0.2) is 0 Å². The molecule has 0 aliphatic heterocycles. The molecule has 0 saturated heterocycles. The molecule has 1 aromatic rings. The highest BCUT2D eigenvalue weighted by molar-refractivity contribution is 5.28. The van der Waals surface area contributed by atoms with Gasteiger partial charge in [-0.15, -0.1) is 0 Å². The zero-order chi connectivity index (χ0) is 10.8. The largest absolute Gasteiger partial charge is 0.508 e. The maximum Gasteiger partial charge on any atom is 0.115 e. The monoisotopic (exact) mass is 195 g/mol. The molecule has 0 saturated carbocycles. The summed E-state index contributed by atoms with van der Waals surface area (Å²) in [6.45, 7) is 4.23. The van der Waals surface area contributed by atoms with E-state index in [9.17, 15) is 5.11 Å². The Hall–Kier alpha value is -1.06. The number of phenolic OH excluding ortho intramolecular Hbond substituents is 1. The fourth-order valence-electron chi connectivity index (χ4n) is 1.22. The molecule has 14 heavy (non-hydrogen) atoms. The van der Waals surface area contributed by atoms with E-state index in [2.05, 4.69) is 0 Å². The van der Waals surface area contributed by atoms with E-state index >= 15 is 0 Å². The first-order chi connectivity index (χ1) is 6.47. The van der Waals surface area contributed by atoms with Crippen LogP contribution in [0.1, 0.15) is 25.5 Å². The van der Waals surface area contributed by atoms with Crippen molar-refractivity contribution in [2.24, 2.45) is 11.1 Å². The van der Waals surface area contributed by atoms with Gasteiger partial charge in [-0.1, -0.05) is 26.0 Å². The molecular weight excluding hydrogens is 178 g/mol. The highest BCUT2D eigenvalue weighted by Crippen LogP contribution is 2.32. The Labute approximate surface area is 84.2 Å². The molecular formula is C11H17NO2. The van der Waals surface area contributed by atoms with Crippen LogP contribution in [0.2, 0.25) is 0 Å². The molecule has 4 N–H and O–H groups in total. The number of benzene rings is 1. The fourth-order valence-corrected chi connectivity index (χ4v) is 1.22. The maximum atomic E-state index is 9.98. The Morgan fingerprint density at radius 1 is 1.29 bits per heavy atom. The first-order valence-electron chi connectivity index (χ1n) is 4.64. The summed E-state index contributed by atoms with van der Waals surface area (Å²) < 4.78 is 0. The molecule has 0 radical (unpaired) electrons. The molecule has 3 heteroatoms. The summed E-state index contributed by atoms with van der Waals surface area (Å²) >= 11 is 0. The summed E-state index contributed by atoms with van der Waals surface area (Å²) in [5, 5.41) is 19.1. The Balaban J connectivity index is 2.89. The number of hydrogen-bond donors (Lipinski definition) is 3. The lowest BCUT2D eigenvalue weighted by atomic mass is 9.83. The third-order valence-corrected chi connectivity index (χ3v) is 2.48. The molecule has 1 atom stereocenters. The van der Waals surface area contributed by atoms with Gasteiger partial charge in [0.1, 0.15) is 5.75 Å². The molecule has 3 nitrogen and oxygen atoms in total. The van der Waals surface area contributed by atoms with Gasteiger partial charge in [0.25, 0.3) is 0 Å². The van der Waals surface area contributed by atoms with Gasteiger partial charge >= 0.3 is 0 Å². The zero-order valence-corrected chi connectivity index (χ0v) is 8.57. The molecule has 0 fully saturated rings. The maximum absolute atomic E-state index is 9.98. The second kappa shape index (κ2) is 3.98. The van der Waals surface area contributed by atoms with Gasteiger partial charge in [-0.05, 0) is 17.7 Å². The fraction of sp³-hybridized carbons (Fsp3) is 0.455. The first kappa shape index (κ1) is 11.0. The van der Waals surface area contributed by atoms with Crippen molar-refractivity contribution in [3.8, 4) is 5.75 Å². The highest BCUT2D eigenvalue weighted by Gasteiger charge is 2.27. The van der Waals surface area contributed by atoms with Gasteiger partial charge in [-0.3, -0.25) is 0 Å². The van der Waals surface area contributed by atoms with Crippen LogP contribution in [0.5, 0.6) is 5.75 Å². The SMILES string of the molecule is CC(C)(CN)C(O)c1ccc(O)cc1. The summed E-state index contributed by atoms with van der Waals surface area (Å²) in [5.41, 5.74) is 5.99. The van der Waals surface area contributed by atoms with Gasteiger partial charge in [0.2, 0.25) is 0 Å². The van der Waals surface area contributed by atoms with Crippen LogP contribution in [0.4, 0.5) is 0 Å². The minimum absolute atomic E-state index is 0.200. The predicted octanol–water partition coefficient (Wildman–Crippen LogP) is 1.41. The van der Waals surface area contributed by atoms with E-state index in [0.29, 0.717) is 6.54 Å². The van der Waals surface area contributed by atoms with Crippen molar-refractivity contribution < 1.29 is 10.2 Å². The van der Waals surface area contributed by atoms with Crippen LogP contribution in [-0.4, -0.2) is 16.8 Å². The van der Waals surface area contributed by atoms with Gasteiger partial charge in [0.05, 0.1) is 6.10 Å². The molecule has 0 amide bonds. The molecule has 78 valence electrons. The van der Waals surface area contributed by atoms with Crippen molar-refractivity contribution in [1.82, 2.24) is 0 Å². The van der Waals surface area contributed by atoms with E-state index in [4.69, 9.17) is 10.8 Å². The lowest BCUT2D eigenvalue weighted by molar-refractivity contribution is 0.0555. The zero-order valence-electron chi connectivity index (χ0n) is 8.57. The lowest BCUT2D eigenvalue weighted by Crippen LogP contribution is -2.30. The standard InChI is InChI=1S/C11H17NO2/c1-11(2,7-12)10(14)8-3-5-9(13)6-4-8/h3-6,10,13-14H,7,12H2,1-2H3. The van der Waals surface area contributed by atoms with Crippen LogP contribution in [0.15, 0.2) is 24.3 Å². The van der Waals surface area contributed by atoms with Gasteiger partial charge in [0, 0.05) is 12.0 Å². The van der Waals surface area contributed by atoms with Crippen molar-refractivity contribution in [2.75, 3.05) is 6.54 Å². The number of rotatable bonds is 3. The molecule has 0 aliphatic carbocycles. The molecule has 0 spiro atoms. The topological polar surface area (TPSA) is 66.5 Å². The summed E-state index contributed by atoms with van der Waals surface area (Å²) in [7, 11) is 0. The van der Waals surface area contributed by atoms with Gasteiger partial charge in [-0.2, -0.15) is 0 Å². The number of phenols is 1. The van der Waals surface area contributed by atoms with Gasteiger partial charge in [-0.25, -0.2) is 0 Å². The number of aliphatic hydroxyl groups is 1. The van der Waals surface area contributed by atoms with Crippen LogP contribution >= 0.6 is 0 Å². The van der Waals surface area contributed by atoms with E-state index in [0.717, 1.165) is 5.56 Å². The Morgan fingerprint density at radius 2 is 1.79 bits per heavy atom. The van der Waals surface area contributed by atoms with E-state index in [1.54, 1.807) is 24.3 Å². The second-order valence-corrected chi connectivity index (χ2v) is 4.19. The Kier molecular flexibility index (Phi) is 3.13. The first-order valence-corrected chi connectivity index (χ1v) is 4.64. The molecule has 0 aliphatic rings. The van der Waals surface area contributed by atoms with Crippen LogP contribution in [0.3, 0.4) is 0 Å². The third kappa shape index (κ3) is 2.25. The minimum atomic E-state index is -0.604. The number of aliphatic hydroxyl groups excluding tert-OH is 1. The smallest absolute Gasteiger partial charge is 0.115 e. The van der Waals surface area contributed by atoms with E-state index in [1.165, 1.54) is 0 Å². The van der Waals surface area contributed by atoms with E-state index in [1.807, 2.05) is 13.8 Å². The average Bonchev–Trinajstić information content (AvgIpc) is 2.18. The average molecular weight is 195 g/mol. The van der Waals surface area contributed by atoms with Crippen LogP contribution in [0, 0.1) is 5.41 Å². The summed E-state index contributed by atoms with van der Waals surface area (Å²) in [5.74, 6) is 0.200. The molecule has 1 aromatic carbocycles. The third-order valence-electron chi connectivity index (χ3n) is 2.48. The van der Waals surface area contributed by atoms with Gasteiger partial charge < -0.3 is 15.9 Å². The van der Waals surface area contributed by atoms with Crippen LogP contribution in [-0.2, 0) is 0 Å². The number of aromatic hydroxyl groups is 1. The summed E-state index contributed by atoms with van der Waals surface area (Å²) in [6.07, 6.45) is -0.604. The quantitative estimate of drug-likeness (QED) is 0.683. The normalized spacial score (nSPS) is 14.0. The summed E-state index contributed by atoms with van der Waals surface area (Å²) in [4.78, 5) is 0. The van der Waals surface area contributed by atoms with Crippen molar-refractivity contribution in [3.05, 3.63) is 29.8 Å². The molecule has 1 unspecified atom stereocenters. The summed E-state index contributed by atoms with van der Waals surface area (Å²) in [6, 6.07) is 6.53. The highest BCUT2D eigenvalue weighted by atomic mass is 16.3.